The van der Waals surface area contributed by atoms with Crippen LogP contribution in [0.1, 0.15) is 27.7 Å². The van der Waals surface area contributed by atoms with Gasteiger partial charge in [-0.3, -0.25) is 4.79 Å². The van der Waals surface area contributed by atoms with Crippen LogP contribution in [-0.4, -0.2) is 25.8 Å². The molecule has 1 aliphatic carbocycles. The Morgan fingerprint density at radius 3 is 2.94 bits per heavy atom. The van der Waals surface area contributed by atoms with Gasteiger partial charge in [-0.25, -0.2) is 0 Å². The van der Waals surface area contributed by atoms with E-state index < -0.39 is 0 Å². The summed E-state index contributed by atoms with van der Waals surface area (Å²) in [6, 6.07) is 0. The summed E-state index contributed by atoms with van der Waals surface area (Å²) in [6.07, 6.45) is 2.33. The van der Waals surface area contributed by atoms with Gasteiger partial charge in [0, 0.05) is 18.3 Å². The summed E-state index contributed by atoms with van der Waals surface area (Å²) >= 11 is 0. The van der Waals surface area contributed by atoms with Crippen molar-refractivity contribution in [3.05, 3.63) is 11.6 Å². The Morgan fingerprint density at radius 1 is 1.59 bits per heavy atom. The van der Waals surface area contributed by atoms with Gasteiger partial charge in [-0.05, 0) is 18.8 Å². The molecule has 3 nitrogen and oxygen atoms in total. The molecule has 0 aromatic rings. The number of ether oxygens (including phenoxy) is 2. The predicted octanol–water partition coefficient (Wildman–Crippen LogP) is 2.41. The summed E-state index contributed by atoms with van der Waals surface area (Å²) in [4.78, 5) is 11.0. The van der Waals surface area contributed by atoms with Crippen molar-refractivity contribution < 1.29 is 14.3 Å². The number of carbonyl (C=O) groups is 1. The average molecular weight is 238 g/mol. The first kappa shape index (κ1) is 12.6. The van der Waals surface area contributed by atoms with Gasteiger partial charge in [0.1, 0.15) is 0 Å². The summed E-state index contributed by atoms with van der Waals surface area (Å²) in [7, 11) is 0. The zero-order valence-electron chi connectivity index (χ0n) is 11.2. The highest BCUT2D eigenvalue weighted by Crippen LogP contribution is 2.50. The van der Waals surface area contributed by atoms with E-state index in [-0.39, 0.29) is 11.4 Å². The molecule has 0 N–H and O–H groups in total. The molecule has 0 aromatic heterocycles. The van der Waals surface area contributed by atoms with Crippen LogP contribution in [0.4, 0.5) is 0 Å². The molecule has 4 atom stereocenters. The maximum atomic E-state index is 11.0. The van der Waals surface area contributed by atoms with Crippen molar-refractivity contribution in [3.63, 3.8) is 0 Å². The van der Waals surface area contributed by atoms with Crippen molar-refractivity contribution in [2.75, 3.05) is 19.8 Å². The van der Waals surface area contributed by atoms with E-state index in [4.69, 9.17) is 9.47 Å². The molecule has 0 radical (unpaired) electrons. The third kappa shape index (κ3) is 2.01. The van der Waals surface area contributed by atoms with E-state index in [1.807, 2.05) is 0 Å². The summed E-state index contributed by atoms with van der Waals surface area (Å²) in [5.41, 5.74) is 1.39. The number of fused-ring (bicyclic) bond motifs is 2. The van der Waals surface area contributed by atoms with Crippen LogP contribution in [0.3, 0.4) is 0 Å². The van der Waals surface area contributed by atoms with Gasteiger partial charge >= 0.3 is 5.97 Å². The highest BCUT2D eigenvalue weighted by Gasteiger charge is 2.50. The zero-order valence-corrected chi connectivity index (χ0v) is 11.2. The Labute approximate surface area is 103 Å². The molecular weight excluding hydrogens is 216 g/mol. The quantitative estimate of drug-likeness (QED) is 0.547. The summed E-state index contributed by atoms with van der Waals surface area (Å²) in [5.74, 6) is 1.19. The Kier molecular flexibility index (Phi) is 3.30. The summed E-state index contributed by atoms with van der Waals surface area (Å²) in [6.45, 7) is 10.1. The second-order valence-electron chi connectivity index (χ2n) is 5.62. The monoisotopic (exact) mass is 238 g/mol. The second-order valence-corrected chi connectivity index (χ2v) is 5.62. The normalized spacial score (nSPS) is 40.7. The minimum atomic E-state index is -0.202. The molecule has 1 fully saturated rings. The largest absolute Gasteiger partial charge is 0.465 e. The van der Waals surface area contributed by atoms with E-state index in [1.165, 1.54) is 12.5 Å². The van der Waals surface area contributed by atoms with Gasteiger partial charge < -0.3 is 9.47 Å². The van der Waals surface area contributed by atoms with Gasteiger partial charge in [0.25, 0.3) is 0 Å². The fourth-order valence-corrected chi connectivity index (χ4v) is 3.35. The van der Waals surface area contributed by atoms with Crippen LogP contribution in [0.2, 0.25) is 0 Å². The molecule has 0 amide bonds. The number of hydrogen-bond donors (Lipinski definition) is 0. The molecule has 2 aliphatic rings. The van der Waals surface area contributed by atoms with Crippen molar-refractivity contribution in [1.82, 2.24) is 0 Å². The molecule has 17 heavy (non-hydrogen) atoms. The highest BCUT2D eigenvalue weighted by atomic mass is 16.5. The van der Waals surface area contributed by atoms with E-state index >= 15 is 0 Å². The van der Waals surface area contributed by atoms with E-state index in [0.717, 1.165) is 6.61 Å². The van der Waals surface area contributed by atoms with E-state index in [2.05, 4.69) is 26.8 Å². The van der Waals surface area contributed by atoms with E-state index in [9.17, 15) is 4.79 Å². The lowest BCUT2D eigenvalue weighted by atomic mass is 9.58. The predicted molar refractivity (Wildman–Crippen MR) is 65.5 cm³/mol. The summed E-state index contributed by atoms with van der Waals surface area (Å²) < 4.78 is 11.0. The Bertz CT molecular complexity index is 347. The van der Waals surface area contributed by atoms with Crippen LogP contribution in [-0.2, 0) is 14.3 Å². The number of allylic oxidation sites excluding steroid dienone is 1. The second kappa shape index (κ2) is 4.45. The van der Waals surface area contributed by atoms with Gasteiger partial charge in [-0.2, -0.15) is 0 Å². The Morgan fingerprint density at radius 2 is 2.29 bits per heavy atom. The lowest BCUT2D eigenvalue weighted by molar-refractivity contribution is -0.162. The van der Waals surface area contributed by atoms with Crippen LogP contribution < -0.4 is 0 Å². The van der Waals surface area contributed by atoms with Gasteiger partial charge in [-0.1, -0.05) is 25.5 Å². The fraction of sp³-hybridized carbons (Fsp3) is 0.786. The standard InChI is InChI=1S/C14H22O3/c1-9-5-10(2)14(8-17-12(4)15)7-16-6-13(9)11(14)3/h5,10-11,13H,6-8H2,1-4H3. The molecule has 2 bridgehead atoms. The zero-order chi connectivity index (χ0) is 12.6. The first-order valence-corrected chi connectivity index (χ1v) is 6.37. The minimum Gasteiger partial charge on any atom is -0.465 e. The lowest BCUT2D eigenvalue weighted by Gasteiger charge is -2.52. The van der Waals surface area contributed by atoms with Crippen LogP contribution in [0.25, 0.3) is 0 Å². The van der Waals surface area contributed by atoms with Crippen LogP contribution in [0.15, 0.2) is 11.6 Å². The smallest absolute Gasteiger partial charge is 0.302 e. The van der Waals surface area contributed by atoms with Crippen molar-refractivity contribution in [1.29, 1.82) is 0 Å². The van der Waals surface area contributed by atoms with Crippen LogP contribution >= 0.6 is 0 Å². The first-order chi connectivity index (χ1) is 7.97. The molecule has 0 spiro atoms. The first-order valence-electron chi connectivity index (χ1n) is 6.37. The fourth-order valence-electron chi connectivity index (χ4n) is 3.35. The van der Waals surface area contributed by atoms with Gasteiger partial charge in [-0.15, -0.1) is 0 Å². The minimum absolute atomic E-state index is 0.0336. The van der Waals surface area contributed by atoms with E-state index in [0.29, 0.717) is 31.0 Å². The number of carbonyl (C=O) groups excluding carboxylic acids is 1. The van der Waals surface area contributed by atoms with Crippen LogP contribution in [0.5, 0.6) is 0 Å². The number of esters is 1. The van der Waals surface area contributed by atoms with Crippen molar-refractivity contribution in [2.45, 2.75) is 27.7 Å². The van der Waals surface area contributed by atoms with Crippen molar-refractivity contribution in [2.24, 2.45) is 23.2 Å². The molecule has 4 unspecified atom stereocenters. The SMILES string of the molecule is CC(=O)OCC12COCC(C(C)=CC1C)C2C. The Balaban J connectivity index is 2.26. The molecule has 1 heterocycles. The average Bonchev–Trinajstić information content (AvgIpc) is 2.25. The molecule has 2 rings (SSSR count). The Hall–Kier alpha value is -0.830. The molecule has 0 aromatic carbocycles. The van der Waals surface area contributed by atoms with Gasteiger partial charge in [0.05, 0.1) is 19.8 Å². The molecule has 0 saturated carbocycles. The molecule has 1 saturated heterocycles. The third-order valence-corrected chi connectivity index (χ3v) is 4.73. The van der Waals surface area contributed by atoms with Gasteiger partial charge in [0.15, 0.2) is 0 Å². The molecule has 3 heteroatoms. The van der Waals surface area contributed by atoms with Gasteiger partial charge in [0.2, 0.25) is 0 Å². The summed E-state index contributed by atoms with van der Waals surface area (Å²) in [5, 5.41) is 0. The third-order valence-electron chi connectivity index (χ3n) is 4.73. The van der Waals surface area contributed by atoms with Crippen molar-refractivity contribution >= 4 is 5.97 Å². The maximum Gasteiger partial charge on any atom is 0.302 e. The lowest BCUT2D eigenvalue weighted by Crippen LogP contribution is -2.53. The molecule has 1 aliphatic heterocycles. The highest BCUT2D eigenvalue weighted by molar-refractivity contribution is 5.65. The number of hydrogen-bond acceptors (Lipinski definition) is 3. The van der Waals surface area contributed by atoms with E-state index in [1.54, 1.807) is 0 Å². The molecule has 96 valence electrons. The van der Waals surface area contributed by atoms with Crippen molar-refractivity contribution in [3.8, 4) is 0 Å². The number of rotatable bonds is 2. The topological polar surface area (TPSA) is 35.5 Å². The molecular formula is C14H22O3. The maximum absolute atomic E-state index is 11.0. The van der Waals surface area contributed by atoms with Crippen LogP contribution in [0, 0.1) is 23.2 Å².